The summed E-state index contributed by atoms with van der Waals surface area (Å²) in [5, 5.41) is 15.6. The maximum atomic E-state index is 13.0. The highest BCUT2D eigenvalue weighted by Gasteiger charge is 2.47. The number of aryl methyl sites for hydroxylation is 1. The number of thiophene rings is 1. The first-order valence-electron chi connectivity index (χ1n) is 8.98. The van der Waals surface area contributed by atoms with Gasteiger partial charge in [0.1, 0.15) is 16.8 Å². The van der Waals surface area contributed by atoms with Crippen LogP contribution in [0.3, 0.4) is 0 Å². The second kappa shape index (κ2) is 6.71. The number of nitrogens with zero attached hydrogens (tertiary/aromatic N) is 1. The average Bonchev–Trinajstić information content (AvgIpc) is 2.82. The van der Waals surface area contributed by atoms with Crippen molar-refractivity contribution in [1.29, 1.82) is 5.26 Å². The van der Waals surface area contributed by atoms with Gasteiger partial charge in [-0.2, -0.15) is 5.26 Å². The van der Waals surface area contributed by atoms with E-state index in [1.807, 2.05) is 0 Å². The number of amides is 2. The predicted octanol–water partition coefficient (Wildman–Crippen LogP) is 3.62. The Hall–Kier alpha value is -2.85. The number of hydrogen-bond donors (Lipinski definition) is 2. The molecule has 2 amide bonds. The van der Waals surface area contributed by atoms with Crippen molar-refractivity contribution in [3.05, 3.63) is 40.3 Å². The molecule has 2 aliphatic rings. The number of benzene rings is 1. The van der Waals surface area contributed by atoms with E-state index in [9.17, 15) is 14.9 Å². The van der Waals surface area contributed by atoms with Crippen LogP contribution >= 0.6 is 11.3 Å². The molecule has 138 valence electrons. The molecule has 0 bridgehead atoms. The highest BCUT2D eigenvalue weighted by atomic mass is 32.1. The third kappa shape index (κ3) is 2.96. The van der Waals surface area contributed by atoms with Crippen molar-refractivity contribution in [3.63, 3.8) is 0 Å². The van der Waals surface area contributed by atoms with Crippen LogP contribution in [0.2, 0.25) is 0 Å². The Morgan fingerprint density at radius 1 is 1.30 bits per heavy atom. The largest absolute Gasteiger partial charge is 0.466 e. The first kappa shape index (κ1) is 17.6. The number of anilines is 2. The quantitative estimate of drug-likeness (QED) is 0.614. The maximum absolute atomic E-state index is 13.0. The summed E-state index contributed by atoms with van der Waals surface area (Å²) in [6, 6.07) is 9.21. The molecule has 1 aromatic heterocycles. The molecule has 1 atom stereocenters. The molecule has 2 aromatic rings. The molecule has 1 aromatic carbocycles. The van der Waals surface area contributed by atoms with Crippen molar-refractivity contribution in [2.75, 3.05) is 10.6 Å². The Bertz CT molecular complexity index is 975. The summed E-state index contributed by atoms with van der Waals surface area (Å²) >= 11 is 1.44. The minimum absolute atomic E-state index is 0.442. The zero-order valence-corrected chi connectivity index (χ0v) is 15.7. The van der Waals surface area contributed by atoms with Gasteiger partial charge < -0.3 is 15.4 Å². The van der Waals surface area contributed by atoms with Gasteiger partial charge in [-0.3, -0.25) is 9.59 Å². The van der Waals surface area contributed by atoms with Gasteiger partial charge in [0, 0.05) is 4.88 Å². The molecule has 0 fully saturated rings. The fourth-order valence-electron chi connectivity index (χ4n) is 3.49. The molecule has 1 aliphatic carbocycles. The molecule has 0 spiro atoms. The van der Waals surface area contributed by atoms with Crippen LogP contribution in [0.5, 0.6) is 5.75 Å². The standard InChI is InChI=1S/C20H19N3O3S/c1-20(18(24)22-14-8-5-6-9-15(14)26-20)19(25)23-17-13(11-21)12-7-3-2-4-10-16(12)27-17/h5-6,8-9H,2-4,7,10H2,1H3,(H,22,24)(H,23,25). The Labute approximate surface area is 161 Å². The minimum atomic E-state index is -1.71. The van der Waals surface area contributed by atoms with Crippen molar-refractivity contribution in [3.8, 4) is 11.8 Å². The van der Waals surface area contributed by atoms with E-state index >= 15 is 0 Å². The summed E-state index contributed by atoms with van der Waals surface area (Å²) in [7, 11) is 0. The molecule has 4 rings (SSSR count). The van der Waals surface area contributed by atoms with Crippen LogP contribution in [0.15, 0.2) is 24.3 Å². The van der Waals surface area contributed by atoms with Crippen LogP contribution in [0.4, 0.5) is 10.7 Å². The number of nitrogens with one attached hydrogen (secondary N) is 2. The van der Waals surface area contributed by atoms with Crippen LogP contribution in [0.25, 0.3) is 0 Å². The second-order valence-corrected chi connectivity index (χ2v) is 8.03. The van der Waals surface area contributed by atoms with E-state index in [1.54, 1.807) is 24.3 Å². The first-order valence-corrected chi connectivity index (χ1v) is 9.80. The van der Waals surface area contributed by atoms with Crippen LogP contribution in [-0.2, 0) is 22.4 Å². The van der Waals surface area contributed by atoms with E-state index in [-0.39, 0.29) is 0 Å². The van der Waals surface area contributed by atoms with Crippen LogP contribution in [0, 0.1) is 11.3 Å². The smallest absolute Gasteiger partial charge is 0.278 e. The number of rotatable bonds is 2. The second-order valence-electron chi connectivity index (χ2n) is 6.92. The van der Waals surface area contributed by atoms with Crippen LogP contribution in [0.1, 0.15) is 42.2 Å². The molecular formula is C20H19N3O3S. The van der Waals surface area contributed by atoms with E-state index in [2.05, 4.69) is 16.7 Å². The Morgan fingerprint density at radius 2 is 2.07 bits per heavy atom. The summed E-state index contributed by atoms with van der Waals surface area (Å²) in [6.07, 6.45) is 5.06. The van der Waals surface area contributed by atoms with Crippen molar-refractivity contribution < 1.29 is 14.3 Å². The Balaban J connectivity index is 1.63. The molecule has 0 saturated heterocycles. The monoisotopic (exact) mass is 381 g/mol. The number of fused-ring (bicyclic) bond motifs is 2. The third-order valence-corrected chi connectivity index (χ3v) is 6.28. The predicted molar refractivity (Wildman–Crippen MR) is 103 cm³/mol. The van der Waals surface area contributed by atoms with Gasteiger partial charge >= 0.3 is 0 Å². The number of carbonyl (C=O) groups excluding carboxylic acids is 2. The summed E-state index contributed by atoms with van der Waals surface area (Å²) < 4.78 is 5.76. The number of carbonyl (C=O) groups is 2. The SMILES string of the molecule is CC1(C(=O)Nc2sc3c(c2C#N)CCCCC3)Oc2ccccc2NC1=O. The fraction of sp³-hybridized carbons (Fsp3) is 0.350. The van der Waals surface area contributed by atoms with E-state index in [4.69, 9.17) is 4.74 Å². The number of hydrogen-bond acceptors (Lipinski definition) is 5. The van der Waals surface area contributed by atoms with E-state index in [0.717, 1.165) is 42.5 Å². The lowest BCUT2D eigenvalue weighted by Gasteiger charge is -2.33. The highest BCUT2D eigenvalue weighted by molar-refractivity contribution is 7.16. The molecule has 7 heteroatoms. The summed E-state index contributed by atoms with van der Waals surface area (Å²) in [4.78, 5) is 26.7. The van der Waals surface area contributed by atoms with Gasteiger partial charge in [0.25, 0.3) is 17.4 Å². The highest BCUT2D eigenvalue weighted by Crippen LogP contribution is 2.38. The van der Waals surface area contributed by atoms with E-state index in [1.165, 1.54) is 18.3 Å². The molecule has 1 aliphatic heterocycles. The summed E-state index contributed by atoms with van der Waals surface area (Å²) in [5.74, 6) is -0.671. The Morgan fingerprint density at radius 3 is 2.89 bits per heavy atom. The maximum Gasteiger partial charge on any atom is 0.278 e. The zero-order chi connectivity index (χ0) is 19.0. The van der Waals surface area contributed by atoms with Gasteiger partial charge in [-0.15, -0.1) is 11.3 Å². The third-order valence-electron chi connectivity index (χ3n) is 5.08. The van der Waals surface area contributed by atoms with Gasteiger partial charge in [0.05, 0.1) is 11.3 Å². The fourth-order valence-corrected chi connectivity index (χ4v) is 4.72. The lowest BCUT2D eigenvalue weighted by molar-refractivity contribution is -0.143. The molecule has 0 saturated carbocycles. The van der Waals surface area contributed by atoms with Crippen molar-refractivity contribution in [2.24, 2.45) is 0 Å². The normalized spacial score (nSPS) is 21.0. The van der Waals surface area contributed by atoms with Crippen molar-refractivity contribution >= 4 is 33.8 Å². The van der Waals surface area contributed by atoms with Crippen molar-refractivity contribution in [2.45, 2.75) is 44.6 Å². The molecule has 1 unspecified atom stereocenters. The zero-order valence-electron chi connectivity index (χ0n) is 14.9. The molecular weight excluding hydrogens is 362 g/mol. The number of para-hydroxylation sites is 2. The molecule has 6 nitrogen and oxygen atoms in total. The van der Waals surface area contributed by atoms with Gasteiger partial charge in [0.15, 0.2) is 0 Å². The van der Waals surface area contributed by atoms with Crippen LogP contribution < -0.4 is 15.4 Å². The lowest BCUT2D eigenvalue weighted by atomic mass is 10.0. The summed E-state index contributed by atoms with van der Waals surface area (Å²) in [6.45, 7) is 1.44. The first-order chi connectivity index (χ1) is 13.0. The molecule has 0 radical (unpaired) electrons. The summed E-state index contributed by atoms with van der Waals surface area (Å²) in [5.41, 5.74) is 0.390. The van der Waals surface area contributed by atoms with E-state index < -0.39 is 17.4 Å². The van der Waals surface area contributed by atoms with Gasteiger partial charge in [-0.1, -0.05) is 18.6 Å². The van der Waals surface area contributed by atoms with Crippen LogP contribution in [-0.4, -0.2) is 17.4 Å². The molecule has 27 heavy (non-hydrogen) atoms. The van der Waals surface area contributed by atoms with Gasteiger partial charge in [0.2, 0.25) is 0 Å². The number of ether oxygens (including phenoxy) is 1. The molecule has 2 heterocycles. The molecule has 2 N–H and O–H groups in total. The minimum Gasteiger partial charge on any atom is -0.466 e. The average molecular weight is 381 g/mol. The van der Waals surface area contributed by atoms with Crippen molar-refractivity contribution in [1.82, 2.24) is 0 Å². The topological polar surface area (TPSA) is 91.2 Å². The Kier molecular flexibility index (Phi) is 4.36. The number of nitriles is 1. The van der Waals surface area contributed by atoms with Gasteiger partial charge in [-0.25, -0.2) is 0 Å². The van der Waals surface area contributed by atoms with Gasteiger partial charge in [-0.05, 0) is 50.3 Å². The van der Waals surface area contributed by atoms with E-state index in [0.29, 0.717) is 22.0 Å². The lowest BCUT2D eigenvalue weighted by Crippen LogP contribution is -2.56.